The zero-order valence-electron chi connectivity index (χ0n) is 13.1. The number of aromatic nitrogens is 1. The number of aliphatic hydroxyl groups is 1. The van der Waals surface area contributed by atoms with Crippen molar-refractivity contribution in [2.24, 2.45) is 0 Å². The van der Waals surface area contributed by atoms with Gasteiger partial charge in [-0.2, -0.15) is 0 Å². The van der Waals surface area contributed by atoms with Crippen molar-refractivity contribution in [1.29, 1.82) is 0 Å². The van der Waals surface area contributed by atoms with E-state index < -0.39 is 0 Å². The molecular formula is C16H28N2OS. The smallest absolute Gasteiger partial charge is 0.186 e. The molecule has 0 saturated heterocycles. The van der Waals surface area contributed by atoms with Gasteiger partial charge in [-0.3, -0.25) is 0 Å². The van der Waals surface area contributed by atoms with Crippen LogP contribution in [0.3, 0.4) is 0 Å². The van der Waals surface area contributed by atoms with Gasteiger partial charge in [0.15, 0.2) is 5.13 Å². The molecule has 1 atom stereocenters. The topological polar surface area (TPSA) is 36.4 Å². The van der Waals surface area contributed by atoms with Gasteiger partial charge in [-0.25, -0.2) is 4.98 Å². The summed E-state index contributed by atoms with van der Waals surface area (Å²) in [5.41, 5.74) is 1.12. The van der Waals surface area contributed by atoms with E-state index in [1.807, 2.05) is 0 Å². The highest BCUT2D eigenvalue weighted by Crippen LogP contribution is 2.35. The summed E-state index contributed by atoms with van der Waals surface area (Å²) in [6.45, 7) is 7.75. The Bertz CT molecular complexity index is 413. The zero-order chi connectivity index (χ0) is 14.5. The third kappa shape index (κ3) is 3.34. The van der Waals surface area contributed by atoms with Crippen molar-refractivity contribution in [3.05, 3.63) is 10.6 Å². The highest BCUT2D eigenvalue weighted by atomic mass is 32.1. The molecule has 1 aliphatic carbocycles. The van der Waals surface area contributed by atoms with Crippen LogP contribution < -0.4 is 4.90 Å². The minimum atomic E-state index is 0.125. The van der Waals surface area contributed by atoms with Crippen LogP contribution in [-0.2, 0) is 6.61 Å². The SMILES string of the molecule is CCC(C)c1nc(N(CC)C2CCCCC2)sc1CO. The van der Waals surface area contributed by atoms with Crippen molar-refractivity contribution in [2.75, 3.05) is 11.4 Å². The molecule has 1 N–H and O–H groups in total. The van der Waals surface area contributed by atoms with Crippen LogP contribution in [0.1, 0.15) is 75.8 Å². The van der Waals surface area contributed by atoms with Crippen LogP contribution in [0, 0.1) is 0 Å². The van der Waals surface area contributed by atoms with Crippen molar-refractivity contribution in [1.82, 2.24) is 4.98 Å². The molecule has 1 unspecified atom stereocenters. The molecule has 0 aromatic carbocycles. The molecule has 0 spiro atoms. The van der Waals surface area contributed by atoms with Crippen LogP contribution in [0.15, 0.2) is 0 Å². The number of rotatable bonds is 6. The molecule has 2 rings (SSSR count). The lowest BCUT2D eigenvalue weighted by molar-refractivity contribution is 0.283. The van der Waals surface area contributed by atoms with Crippen molar-refractivity contribution in [3.63, 3.8) is 0 Å². The van der Waals surface area contributed by atoms with E-state index >= 15 is 0 Å². The van der Waals surface area contributed by atoms with Gasteiger partial charge in [-0.05, 0) is 32.1 Å². The Labute approximate surface area is 127 Å². The highest BCUT2D eigenvalue weighted by molar-refractivity contribution is 7.15. The summed E-state index contributed by atoms with van der Waals surface area (Å²) in [5, 5.41) is 10.7. The molecule has 4 heteroatoms. The fraction of sp³-hybridized carbons (Fsp3) is 0.812. The van der Waals surface area contributed by atoms with Crippen LogP contribution in [0.2, 0.25) is 0 Å². The predicted molar refractivity (Wildman–Crippen MR) is 86.6 cm³/mol. The Morgan fingerprint density at radius 3 is 2.55 bits per heavy atom. The van der Waals surface area contributed by atoms with Gasteiger partial charge in [0.1, 0.15) is 0 Å². The standard InChI is InChI=1S/C16H28N2OS/c1-4-12(3)15-14(11-19)20-16(17-15)18(5-2)13-9-7-6-8-10-13/h12-13,19H,4-11H2,1-3H3. The highest BCUT2D eigenvalue weighted by Gasteiger charge is 2.24. The molecule has 0 bridgehead atoms. The Morgan fingerprint density at radius 1 is 1.30 bits per heavy atom. The lowest BCUT2D eigenvalue weighted by Gasteiger charge is -2.33. The van der Waals surface area contributed by atoms with Gasteiger partial charge in [0.25, 0.3) is 0 Å². The number of thiazole rings is 1. The quantitative estimate of drug-likeness (QED) is 0.850. The normalized spacial score (nSPS) is 18.2. The van der Waals surface area contributed by atoms with Gasteiger partial charge < -0.3 is 10.0 Å². The van der Waals surface area contributed by atoms with Crippen LogP contribution in [-0.4, -0.2) is 22.7 Å². The summed E-state index contributed by atoms with van der Waals surface area (Å²) < 4.78 is 0. The fourth-order valence-corrected chi connectivity index (χ4v) is 4.28. The van der Waals surface area contributed by atoms with Crippen LogP contribution >= 0.6 is 11.3 Å². The third-order valence-corrected chi connectivity index (χ3v) is 5.63. The second-order valence-corrected chi connectivity index (χ2v) is 6.91. The molecule has 3 nitrogen and oxygen atoms in total. The maximum Gasteiger partial charge on any atom is 0.186 e. The molecular weight excluding hydrogens is 268 g/mol. The van der Waals surface area contributed by atoms with Crippen LogP contribution in [0.5, 0.6) is 0 Å². The van der Waals surface area contributed by atoms with E-state index in [0.29, 0.717) is 12.0 Å². The molecule has 1 aromatic rings. The first-order chi connectivity index (χ1) is 9.71. The Hall–Kier alpha value is -0.610. The van der Waals surface area contributed by atoms with E-state index in [0.717, 1.165) is 28.7 Å². The number of aliphatic hydroxyl groups excluding tert-OH is 1. The fourth-order valence-electron chi connectivity index (χ4n) is 3.11. The van der Waals surface area contributed by atoms with E-state index in [4.69, 9.17) is 4.98 Å². The minimum Gasteiger partial charge on any atom is -0.391 e. The Balaban J connectivity index is 2.22. The summed E-state index contributed by atoms with van der Waals surface area (Å²) in [5.74, 6) is 0.437. The monoisotopic (exact) mass is 296 g/mol. The van der Waals surface area contributed by atoms with Gasteiger partial charge in [-0.15, -0.1) is 0 Å². The molecule has 1 saturated carbocycles. The maximum atomic E-state index is 9.59. The van der Waals surface area contributed by atoms with Crippen molar-refractivity contribution < 1.29 is 5.11 Å². The molecule has 1 aliphatic rings. The number of anilines is 1. The van der Waals surface area contributed by atoms with Gasteiger partial charge in [0.2, 0.25) is 0 Å². The van der Waals surface area contributed by atoms with Crippen molar-refractivity contribution >= 4 is 16.5 Å². The zero-order valence-corrected chi connectivity index (χ0v) is 13.9. The summed E-state index contributed by atoms with van der Waals surface area (Å²) in [4.78, 5) is 8.41. The molecule has 1 aromatic heterocycles. The van der Waals surface area contributed by atoms with E-state index in [9.17, 15) is 5.11 Å². The van der Waals surface area contributed by atoms with Crippen molar-refractivity contribution in [3.8, 4) is 0 Å². The summed E-state index contributed by atoms with van der Waals surface area (Å²) >= 11 is 1.69. The first-order valence-corrected chi connectivity index (χ1v) is 8.89. The summed E-state index contributed by atoms with van der Waals surface area (Å²) in [7, 11) is 0. The minimum absolute atomic E-state index is 0.125. The van der Waals surface area contributed by atoms with Crippen LogP contribution in [0.4, 0.5) is 5.13 Å². The predicted octanol–water partition coefficient (Wildman–Crippen LogP) is 4.31. The van der Waals surface area contributed by atoms with Crippen molar-refractivity contribution in [2.45, 2.75) is 77.9 Å². The molecule has 0 radical (unpaired) electrons. The summed E-state index contributed by atoms with van der Waals surface area (Å²) in [6, 6.07) is 0.649. The lowest BCUT2D eigenvalue weighted by atomic mass is 9.94. The molecule has 0 amide bonds. The third-order valence-electron chi connectivity index (χ3n) is 4.54. The number of nitrogens with zero attached hydrogens (tertiary/aromatic N) is 2. The first kappa shape index (κ1) is 15.8. The Kier molecular flexibility index (Phi) is 5.85. The average Bonchev–Trinajstić information content (AvgIpc) is 2.92. The number of hydrogen-bond acceptors (Lipinski definition) is 4. The second-order valence-electron chi connectivity index (χ2n) is 5.85. The molecule has 1 heterocycles. The maximum absolute atomic E-state index is 9.59. The number of hydrogen-bond donors (Lipinski definition) is 1. The molecule has 114 valence electrons. The van der Waals surface area contributed by atoms with E-state index in [-0.39, 0.29) is 6.61 Å². The van der Waals surface area contributed by atoms with Gasteiger partial charge in [-0.1, -0.05) is 44.4 Å². The Morgan fingerprint density at radius 2 is 2.00 bits per heavy atom. The van der Waals surface area contributed by atoms with E-state index in [2.05, 4.69) is 25.7 Å². The molecule has 20 heavy (non-hydrogen) atoms. The second kappa shape index (κ2) is 7.41. The van der Waals surface area contributed by atoms with E-state index in [1.54, 1.807) is 11.3 Å². The van der Waals surface area contributed by atoms with Gasteiger partial charge in [0, 0.05) is 12.6 Å². The van der Waals surface area contributed by atoms with Gasteiger partial charge >= 0.3 is 0 Å². The summed E-state index contributed by atoms with van der Waals surface area (Å²) in [6.07, 6.45) is 7.73. The first-order valence-electron chi connectivity index (χ1n) is 8.08. The largest absolute Gasteiger partial charge is 0.391 e. The molecule has 1 fully saturated rings. The van der Waals surface area contributed by atoms with E-state index in [1.165, 1.54) is 32.1 Å². The van der Waals surface area contributed by atoms with Gasteiger partial charge in [0.05, 0.1) is 17.2 Å². The lowest BCUT2D eigenvalue weighted by Crippen LogP contribution is -2.36. The molecule has 0 aliphatic heterocycles. The van der Waals surface area contributed by atoms with Crippen LogP contribution in [0.25, 0.3) is 0 Å². The average molecular weight is 296 g/mol.